The van der Waals surface area contributed by atoms with Crippen molar-refractivity contribution in [3.8, 4) is 0 Å². The zero-order valence-electron chi connectivity index (χ0n) is 9.43. The highest BCUT2D eigenvalue weighted by atomic mass is 16.5. The van der Waals surface area contributed by atoms with E-state index in [-0.39, 0.29) is 19.4 Å². The van der Waals surface area contributed by atoms with Crippen LogP contribution in [0.1, 0.15) is 12.8 Å². The predicted octanol–water partition coefficient (Wildman–Crippen LogP) is -0.750. The van der Waals surface area contributed by atoms with Gasteiger partial charge in [0.15, 0.2) is 0 Å². The Labute approximate surface area is 97.9 Å². The van der Waals surface area contributed by atoms with Crippen LogP contribution in [0.5, 0.6) is 0 Å². The van der Waals surface area contributed by atoms with E-state index in [0.717, 1.165) is 0 Å². The van der Waals surface area contributed by atoms with Gasteiger partial charge < -0.3 is 25.6 Å². The van der Waals surface area contributed by atoms with E-state index in [1.807, 2.05) is 0 Å². The van der Waals surface area contributed by atoms with Crippen LogP contribution >= 0.6 is 0 Å². The molecule has 0 aromatic heterocycles. The zero-order chi connectivity index (χ0) is 13.3. The zero-order valence-corrected chi connectivity index (χ0v) is 9.43. The molecule has 0 saturated carbocycles. The lowest BCUT2D eigenvalue weighted by molar-refractivity contribution is -0.140. The molecule has 0 aromatic carbocycles. The van der Waals surface area contributed by atoms with Crippen molar-refractivity contribution in [3.63, 3.8) is 0 Å². The van der Waals surface area contributed by atoms with Crippen molar-refractivity contribution in [2.75, 3.05) is 20.3 Å². The second kappa shape index (κ2) is 8.34. The van der Waals surface area contributed by atoms with Crippen molar-refractivity contribution in [1.29, 1.82) is 0 Å². The lowest BCUT2D eigenvalue weighted by atomic mass is 10.1. The molecular formula is C9H16N2O6. The van der Waals surface area contributed by atoms with Gasteiger partial charge in [-0.15, -0.1) is 0 Å². The van der Waals surface area contributed by atoms with Gasteiger partial charge in [-0.3, -0.25) is 4.79 Å². The van der Waals surface area contributed by atoms with Crippen molar-refractivity contribution in [3.05, 3.63) is 0 Å². The summed E-state index contributed by atoms with van der Waals surface area (Å²) >= 11 is 0. The van der Waals surface area contributed by atoms with Gasteiger partial charge in [0.1, 0.15) is 6.04 Å². The smallest absolute Gasteiger partial charge is 0.326 e. The number of carboxylic acids is 2. The fourth-order valence-corrected chi connectivity index (χ4v) is 1.00. The molecule has 1 atom stereocenters. The Morgan fingerprint density at radius 1 is 1.29 bits per heavy atom. The highest BCUT2D eigenvalue weighted by Crippen LogP contribution is 1.97. The molecule has 0 aromatic rings. The van der Waals surface area contributed by atoms with Gasteiger partial charge in [0.05, 0.1) is 6.61 Å². The van der Waals surface area contributed by atoms with Crippen molar-refractivity contribution >= 4 is 18.0 Å². The molecule has 8 heteroatoms. The number of rotatable bonds is 8. The quantitative estimate of drug-likeness (QED) is 0.419. The monoisotopic (exact) mass is 248 g/mol. The minimum atomic E-state index is -1.27. The maximum Gasteiger partial charge on any atom is 0.326 e. The van der Waals surface area contributed by atoms with Crippen LogP contribution in [0.15, 0.2) is 0 Å². The first-order valence-electron chi connectivity index (χ1n) is 4.95. The Morgan fingerprint density at radius 3 is 2.41 bits per heavy atom. The molecule has 0 aliphatic rings. The molecule has 0 radical (unpaired) electrons. The first-order valence-corrected chi connectivity index (χ1v) is 4.95. The Bertz CT molecular complexity index is 281. The molecule has 8 nitrogen and oxygen atoms in total. The van der Waals surface area contributed by atoms with Gasteiger partial charge in [-0.25, -0.2) is 9.59 Å². The highest BCUT2D eigenvalue weighted by molar-refractivity contribution is 5.82. The molecule has 0 aliphatic heterocycles. The maximum absolute atomic E-state index is 11.2. The average molecular weight is 248 g/mol. The van der Waals surface area contributed by atoms with Crippen LogP contribution in [-0.4, -0.2) is 54.5 Å². The molecule has 17 heavy (non-hydrogen) atoms. The lowest BCUT2D eigenvalue weighted by Gasteiger charge is -2.14. The summed E-state index contributed by atoms with van der Waals surface area (Å²) < 4.78 is 4.69. The topological polar surface area (TPSA) is 125 Å². The van der Waals surface area contributed by atoms with Crippen molar-refractivity contribution < 1.29 is 29.3 Å². The molecule has 0 saturated heterocycles. The Hall–Kier alpha value is -1.83. The minimum Gasteiger partial charge on any atom is -0.481 e. The molecule has 98 valence electrons. The molecule has 0 spiro atoms. The summed E-state index contributed by atoms with van der Waals surface area (Å²) in [6.07, 6.45) is -0.488. The van der Waals surface area contributed by atoms with E-state index >= 15 is 0 Å². The maximum atomic E-state index is 11.2. The van der Waals surface area contributed by atoms with Crippen LogP contribution in [-0.2, 0) is 14.3 Å². The fraction of sp³-hybridized carbons (Fsp3) is 0.667. The summed E-state index contributed by atoms with van der Waals surface area (Å²) in [5, 5.41) is 21.7. The Morgan fingerprint density at radius 2 is 1.94 bits per heavy atom. The fourth-order valence-electron chi connectivity index (χ4n) is 1.00. The van der Waals surface area contributed by atoms with Crippen LogP contribution in [0.2, 0.25) is 0 Å². The average Bonchev–Trinajstić information content (AvgIpc) is 2.23. The number of ether oxygens (including phenoxy) is 1. The highest BCUT2D eigenvalue weighted by Gasteiger charge is 2.20. The minimum absolute atomic E-state index is 0.164. The summed E-state index contributed by atoms with van der Waals surface area (Å²) in [7, 11) is 1.46. The van der Waals surface area contributed by atoms with E-state index in [4.69, 9.17) is 10.2 Å². The second-order valence-electron chi connectivity index (χ2n) is 3.22. The summed E-state index contributed by atoms with van der Waals surface area (Å²) in [5.74, 6) is -2.38. The number of aliphatic carboxylic acids is 2. The molecule has 4 N–H and O–H groups in total. The van der Waals surface area contributed by atoms with E-state index in [2.05, 4.69) is 15.4 Å². The molecule has 0 heterocycles. The number of nitrogens with one attached hydrogen (secondary N) is 2. The predicted molar refractivity (Wildman–Crippen MR) is 56.7 cm³/mol. The molecule has 0 rings (SSSR count). The van der Waals surface area contributed by atoms with Gasteiger partial charge in [0.25, 0.3) is 0 Å². The molecule has 0 aliphatic carbocycles. The van der Waals surface area contributed by atoms with E-state index in [1.165, 1.54) is 7.11 Å². The van der Waals surface area contributed by atoms with Crippen LogP contribution in [0.3, 0.4) is 0 Å². The van der Waals surface area contributed by atoms with Gasteiger partial charge >= 0.3 is 18.0 Å². The number of amides is 2. The normalized spacial score (nSPS) is 11.6. The van der Waals surface area contributed by atoms with Crippen LogP contribution in [0.25, 0.3) is 0 Å². The largest absolute Gasteiger partial charge is 0.481 e. The number of hydrogen-bond donors (Lipinski definition) is 4. The molecule has 2 amide bonds. The lowest BCUT2D eigenvalue weighted by Crippen LogP contribution is -2.46. The first-order chi connectivity index (χ1) is 7.97. The van der Waals surface area contributed by atoms with Crippen molar-refractivity contribution in [1.82, 2.24) is 10.6 Å². The Kier molecular flexibility index (Phi) is 7.44. The number of carboxylic acid groups (broad SMARTS) is 2. The molecular weight excluding hydrogens is 232 g/mol. The van der Waals surface area contributed by atoms with E-state index < -0.39 is 24.0 Å². The third-order valence-corrected chi connectivity index (χ3v) is 1.84. The van der Waals surface area contributed by atoms with Crippen molar-refractivity contribution in [2.45, 2.75) is 18.9 Å². The van der Waals surface area contributed by atoms with E-state index in [0.29, 0.717) is 6.61 Å². The number of methoxy groups -OCH3 is 1. The number of urea groups is 1. The van der Waals surface area contributed by atoms with Crippen molar-refractivity contribution in [2.24, 2.45) is 0 Å². The third kappa shape index (κ3) is 8.03. The number of carbonyl (C=O) groups is 3. The van der Waals surface area contributed by atoms with Gasteiger partial charge in [-0.05, 0) is 6.42 Å². The third-order valence-electron chi connectivity index (χ3n) is 1.84. The standard InChI is InChI=1S/C9H16N2O6/c1-17-5-4-10-9(16)11-6(8(14)15)2-3-7(12)13/h6H,2-5H2,1H3,(H,12,13)(H,14,15)(H2,10,11,16)/t6-/m0/s1. The second-order valence-corrected chi connectivity index (χ2v) is 3.22. The Balaban J connectivity index is 4.02. The van der Waals surface area contributed by atoms with Crippen LogP contribution in [0, 0.1) is 0 Å². The summed E-state index contributed by atoms with van der Waals surface area (Å²) in [6, 6.07) is -1.88. The summed E-state index contributed by atoms with van der Waals surface area (Å²) in [5.41, 5.74) is 0. The SMILES string of the molecule is COCCNC(=O)N[C@@H](CCC(=O)O)C(=O)O. The van der Waals surface area contributed by atoms with Crippen LogP contribution < -0.4 is 10.6 Å². The van der Waals surface area contributed by atoms with Gasteiger partial charge in [0, 0.05) is 20.1 Å². The van der Waals surface area contributed by atoms with E-state index in [9.17, 15) is 14.4 Å². The molecule has 0 unspecified atom stereocenters. The van der Waals surface area contributed by atoms with E-state index in [1.54, 1.807) is 0 Å². The molecule has 0 bridgehead atoms. The number of carbonyl (C=O) groups excluding carboxylic acids is 1. The number of hydrogen-bond acceptors (Lipinski definition) is 4. The van der Waals surface area contributed by atoms with Gasteiger partial charge in [0.2, 0.25) is 0 Å². The first kappa shape index (κ1) is 15.2. The van der Waals surface area contributed by atoms with Gasteiger partial charge in [-0.2, -0.15) is 0 Å². The van der Waals surface area contributed by atoms with Gasteiger partial charge in [-0.1, -0.05) is 0 Å². The molecule has 0 fully saturated rings. The summed E-state index contributed by atoms with van der Waals surface area (Å²) in [6.45, 7) is 0.549. The van der Waals surface area contributed by atoms with Crippen LogP contribution in [0.4, 0.5) is 4.79 Å². The summed E-state index contributed by atoms with van der Waals surface area (Å²) in [4.78, 5) is 32.2.